The zero-order valence-electron chi connectivity index (χ0n) is 13.9. The first-order valence-electron chi connectivity index (χ1n) is 8.23. The van der Waals surface area contributed by atoms with Gasteiger partial charge in [0.1, 0.15) is 11.6 Å². The Labute approximate surface area is 137 Å². The van der Waals surface area contributed by atoms with Crippen molar-refractivity contribution < 1.29 is 0 Å². The van der Waals surface area contributed by atoms with E-state index in [9.17, 15) is 0 Å². The normalized spacial score (nSPS) is 18.7. The van der Waals surface area contributed by atoms with E-state index < -0.39 is 0 Å². The number of aryl methyl sites for hydroxylation is 2. The van der Waals surface area contributed by atoms with Crippen LogP contribution in [0.2, 0.25) is 0 Å². The van der Waals surface area contributed by atoms with Crippen LogP contribution in [0.3, 0.4) is 0 Å². The Bertz CT molecular complexity index is 695. The number of nitrogens with zero attached hydrogens (tertiary/aromatic N) is 5. The van der Waals surface area contributed by atoms with Gasteiger partial charge < -0.3 is 0 Å². The Morgan fingerprint density at radius 2 is 2.04 bits per heavy atom. The summed E-state index contributed by atoms with van der Waals surface area (Å²) in [5.41, 5.74) is 2.00. The van der Waals surface area contributed by atoms with Crippen LogP contribution in [0.4, 0.5) is 0 Å². The molecule has 0 bridgehead atoms. The number of likely N-dealkylation sites (tertiary alicyclic amines) is 1. The molecule has 1 aromatic heterocycles. The average Bonchev–Trinajstić information content (AvgIpc) is 2.86. The number of hydrogen-bond acceptors (Lipinski definition) is 4. The molecule has 0 unspecified atom stereocenters. The van der Waals surface area contributed by atoms with Gasteiger partial charge in [-0.3, -0.25) is 4.90 Å². The highest BCUT2D eigenvalue weighted by Crippen LogP contribution is 2.20. The van der Waals surface area contributed by atoms with Crippen LogP contribution in [0.25, 0.3) is 0 Å². The Morgan fingerprint density at radius 1 is 1.26 bits per heavy atom. The summed E-state index contributed by atoms with van der Waals surface area (Å²) in [6, 6.07) is 10.1. The Morgan fingerprint density at radius 3 is 2.70 bits per heavy atom. The number of piperidine rings is 1. The number of hydrogen-bond donors (Lipinski definition) is 0. The molecule has 5 nitrogen and oxygen atoms in total. The van der Waals surface area contributed by atoms with Gasteiger partial charge in [-0.15, -0.1) is 0 Å². The van der Waals surface area contributed by atoms with Crippen molar-refractivity contribution in [3.05, 3.63) is 47.0 Å². The van der Waals surface area contributed by atoms with Crippen LogP contribution in [-0.2, 0) is 13.1 Å². The monoisotopic (exact) mass is 309 g/mol. The molecule has 23 heavy (non-hydrogen) atoms. The summed E-state index contributed by atoms with van der Waals surface area (Å²) in [6.45, 7) is 8.12. The van der Waals surface area contributed by atoms with E-state index in [1.807, 2.05) is 30.7 Å². The third-order valence-electron chi connectivity index (χ3n) is 4.49. The predicted octanol–water partition coefficient (Wildman–Crippen LogP) is 2.68. The lowest BCUT2D eigenvalue weighted by atomic mass is 9.97. The van der Waals surface area contributed by atoms with Crippen LogP contribution in [0.15, 0.2) is 24.3 Å². The largest absolute Gasteiger partial charge is 0.299 e. The molecular formula is C18H23N5. The summed E-state index contributed by atoms with van der Waals surface area (Å²) >= 11 is 0. The summed E-state index contributed by atoms with van der Waals surface area (Å²) in [6.07, 6.45) is 2.48. The fourth-order valence-corrected chi connectivity index (χ4v) is 3.37. The zero-order valence-corrected chi connectivity index (χ0v) is 13.9. The standard InChI is InChI=1S/C18H23N5/c1-14-20-15(2)23(21-14)13-18-4-3-9-22(12-18)11-17-7-5-16(10-19)6-8-17/h5-8,18H,3-4,9,11-13H2,1-2H3/t18-/m0/s1. The van der Waals surface area contributed by atoms with Crippen LogP contribution in [0.5, 0.6) is 0 Å². The van der Waals surface area contributed by atoms with Crippen molar-refractivity contribution in [3.8, 4) is 6.07 Å². The van der Waals surface area contributed by atoms with E-state index >= 15 is 0 Å². The molecule has 3 rings (SSSR count). The molecule has 1 atom stereocenters. The van der Waals surface area contributed by atoms with Crippen molar-refractivity contribution in [3.63, 3.8) is 0 Å². The predicted molar refractivity (Wildman–Crippen MR) is 88.7 cm³/mol. The summed E-state index contributed by atoms with van der Waals surface area (Å²) in [7, 11) is 0. The molecule has 0 spiro atoms. The first kappa shape index (κ1) is 15.7. The van der Waals surface area contributed by atoms with Gasteiger partial charge in [0, 0.05) is 19.6 Å². The van der Waals surface area contributed by atoms with E-state index in [1.54, 1.807) is 0 Å². The van der Waals surface area contributed by atoms with Crippen LogP contribution < -0.4 is 0 Å². The molecule has 5 heteroatoms. The maximum absolute atomic E-state index is 8.88. The Balaban J connectivity index is 1.59. The van der Waals surface area contributed by atoms with E-state index in [2.05, 4.69) is 33.2 Å². The molecule has 2 aromatic rings. The first-order chi connectivity index (χ1) is 11.1. The third kappa shape index (κ3) is 3.96. The second kappa shape index (κ2) is 6.93. The summed E-state index contributed by atoms with van der Waals surface area (Å²) in [5.74, 6) is 2.49. The van der Waals surface area contributed by atoms with Crippen LogP contribution in [-0.4, -0.2) is 32.8 Å². The summed E-state index contributed by atoms with van der Waals surface area (Å²) < 4.78 is 2.05. The minimum atomic E-state index is 0.627. The van der Waals surface area contributed by atoms with E-state index in [4.69, 9.17) is 5.26 Å². The maximum Gasteiger partial charge on any atom is 0.147 e. The second-order valence-corrected chi connectivity index (χ2v) is 6.44. The van der Waals surface area contributed by atoms with Crippen LogP contribution in [0, 0.1) is 31.1 Å². The highest BCUT2D eigenvalue weighted by Gasteiger charge is 2.21. The highest BCUT2D eigenvalue weighted by atomic mass is 15.3. The molecule has 1 fully saturated rings. The maximum atomic E-state index is 8.88. The molecule has 0 amide bonds. The second-order valence-electron chi connectivity index (χ2n) is 6.44. The van der Waals surface area contributed by atoms with Gasteiger partial charge in [0.25, 0.3) is 0 Å². The molecule has 1 aromatic carbocycles. The highest BCUT2D eigenvalue weighted by molar-refractivity contribution is 5.31. The lowest BCUT2D eigenvalue weighted by Crippen LogP contribution is -2.36. The van der Waals surface area contributed by atoms with Gasteiger partial charge in [0.05, 0.1) is 11.6 Å². The molecule has 0 aliphatic carbocycles. The molecule has 0 N–H and O–H groups in total. The molecule has 0 radical (unpaired) electrons. The lowest BCUT2D eigenvalue weighted by molar-refractivity contribution is 0.152. The van der Waals surface area contributed by atoms with Gasteiger partial charge in [0.2, 0.25) is 0 Å². The fraction of sp³-hybridized carbons (Fsp3) is 0.500. The topological polar surface area (TPSA) is 57.7 Å². The van der Waals surface area contributed by atoms with Crippen molar-refractivity contribution in [2.75, 3.05) is 13.1 Å². The van der Waals surface area contributed by atoms with Gasteiger partial charge in [-0.05, 0) is 56.8 Å². The van der Waals surface area contributed by atoms with E-state index in [-0.39, 0.29) is 0 Å². The molecule has 1 aliphatic rings. The van der Waals surface area contributed by atoms with Crippen LogP contribution in [0.1, 0.15) is 35.6 Å². The minimum absolute atomic E-state index is 0.627. The molecule has 0 saturated carbocycles. The Hall–Kier alpha value is -2.19. The van der Waals surface area contributed by atoms with Crippen LogP contribution >= 0.6 is 0 Å². The van der Waals surface area contributed by atoms with Gasteiger partial charge in [0.15, 0.2) is 0 Å². The van der Waals surface area contributed by atoms with Gasteiger partial charge >= 0.3 is 0 Å². The lowest BCUT2D eigenvalue weighted by Gasteiger charge is -2.32. The molecular weight excluding hydrogens is 286 g/mol. The molecule has 1 saturated heterocycles. The molecule has 120 valence electrons. The summed E-state index contributed by atoms with van der Waals surface area (Å²) in [4.78, 5) is 6.90. The van der Waals surface area contributed by atoms with E-state index in [1.165, 1.54) is 18.4 Å². The smallest absolute Gasteiger partial charge is 0.147 e. The van der Waals surface area contributed by atoms with E-state index in [0.717, 1.165) is 43.4 Å². The van der Waals surface area contributed by atoms with Crippen molar-refractivity contribution in [1.29, 1.82) is 5.26 Å². The van der Waals surface area contributed by atoms with Gasteiger partial charge in [-0.2, -0.15) is 10.4 Å². The van der Waals surface area contributed by atoms with Crippen molar-refractivity contribution >= 4 is 0 Å². The van der Waals surface area contributed by atoms with Gasteiger partial charge in [-0.25, -0.2) is 9.67 Å². The average molecular weight is 309 g/mol. The van der Waals surface area contributed by atoms with E-state index in [0.29, 0.717) is 5.92 Å². The Kier molecular flexibility index (Phi) is 4.73. The number of rotatable bonds is 4. The quantitative estimate of drug-likeness (QED) is 0.871. The number of nitriles is 1. The van der Waals surface area contributed by atoms with Crippen molar-refractivity contribution in [2.45, 2.75) is 39.8 Å². The summed E-state index contributed by atoms with van der Waals surface area (Å²) in [5, 5.41) is 13.4. The number of aromatic nitrogens is 3. The number of benzene rings is 1. The SMILES string of the molecule is Cc1nc(C)n(C[C@H]2CCCN(Cc3ccc(C#N)cc3)C2)n1. The van der Waals surface area contributed by atoms with Crippen molar-refractivity contribution in [1.82, 2.24) is 19.7 Å². The zero-order chi connectivity index (χ0) is 16.2. The third-order valence-corrected chi connectivity index (χ3v) is 4.49. The molecule has 2 heterocycles. The minimum Gasteiger partial charge on any atom is -0.299 e. The fourth-order valence-electron chi connectivity index (χ4n) is 3.37. The van der Waals surface area contributed by atoms with Gasteiger partial charge in [-0.1, -0.05) is 12.1 Å². The van der Waals surface area contributed by atoms with Crippen molar-refractivity contribution in [2.24, 2.45) is 5.92 Å². The molecule has 1 aliphatic heterocycles. The first-order valence-corrected chi connectivity index (χ1v) is 8.23.